The van der Waals surface area contributed by atoms with E-state index in [-0.39, 0.29) is 18.5 Å². The highest BCUT2D eigenvalue weighted by atomic mass is 32.1. The van der Waals surface area contributed by atoms with Crippen LogP contribution in [0.3, 0.4) is 0 Å². The Labute approximate surface area is 191 Å². The number of fused-ring (bicyclic) bond motifs is 1. The number of hydrogen-bond acceptors (Lipinski definition) is 7. The second-order valence-corrected chi connectivity index (χ2v) is 10.5. The number of esters is 1. The Hall–Kier alpha value is -2.68. The van der Waals surface area contributed by atoms with Crippen molar-refractivity contribution in [1.82, 2.24) is 14.9 Å². The summed E-state index contributed by atoms with van der Waals surface area (Å²) >= 11 is 1.49. The van der Waals surface area contributed by atoms with Crippen molar-refractivity contribution in [3.8, 4) is 16.6 Å². The van der Waals surface area contributed by atoms with E-state index in [1.165, 1.54) is 23.3 Å². The number of carbonyl (C=O) groups excluding carboxylic acids is 1. The fraction of sp³-hybridized carbons (Fsp3) is 0.565. The Morgan fingerprint density at radius 3 is 2.50 bits per heavy atom. The zero-order chi connectivity index (χ0) is 23.3. The van der Waals surface area contributed by atoms with Gasteiger partial charge in [0.2, 0.25) is 5.88 Å². The molecule has 2 aliphatic carbocycles. The van der Waals surface area contributed by atoms with E-state index in [1.54, 1.807) is 6.20 Å². The first-order valence-corrected chi connectivity index (χ1v) is 11.6. The summed E-state index contributed by atoms with van der Waals surface area (Å²) in [5.74, 6) is -0.0000134. The fourth-order valence-electron chi connectivity index (χ4n) is 4.78. The molecule has 0 aromatic carbocycles. The first-order chi connectivity index (χ1) is 15.1. The smallest absolute Gasteiger partial charge is 0.408 e. The first kappa shape index (κ1) is 22.5. The van der Waals surface area contributed by atoms with Crippen LogP contribution in [0.1, 0.15) is 50.3 Å². The van der Waals surface area contributed by atoms with E-state index in [4.69, 9.17) is 14.5 Å². The van der Waals surface area contributed by atoms with Crippen molar-refractivity contribution in [2.24, 2.45) is 5.92 Å². The molecule has 2 aliphatic rings. The van der Waals surface area contributed by atoms with Crippen LogP contribution in [0.2, 0.25) is 0 Å². The molecule has 172 valence electrons. The minimum Gasteiger partial charge on any atom is -0.475 e. The molecule has 2 heterocycles. The molecule has 2 aromatic heterocycles. The van der Waals surface area contributed by atoms with Gasteiger partial charge in [0, 0.05) is 22.7 Å². The van der Waals surface area contributed by atoms with Crippen LogP contribution in [-0.4, -0.2) is 56.8 Å². The van der Waals surface area contributed by atoms with E-state index in [9.17, 15) is 14.7 Å². The molecule has 0 aliphatic heterocycles. The standard InChI is InChI=1S/C23H29N3O5S/c1-13-15-10-14(20(27)30-5)11-16(15)17(19-24-8-9-32-19)25-18(13)31-12-23(6-7-23)26(21(28)29)22(2,3)4/h8-9,14H,6-7,10-12H2,1-5H3,(H,28,29). The summed E-state index contributed by atoms with van der Waals surface area (Å²) in [7, 11) is 1.41. The van der Waals surface area contributed by atoms with Gasteiger partial charge in [-0.1, -0.05) is 0 Å². The molecule has 1 amide bonds. The Morgan fingerprint density at radius 2 is 1.97 bits per heavy atom. The van der Waals surface area contributed by atoms with Crippen molar-refractivity contribution in [2.45, 2.75) is 64.5 Å². The third-order valence-electron chi connectivity index (χ3n) is 6.35. The molecule has 9 heteroatoms. The molecule has 4 rings (SSSR count). The van der Waals surface area contributed by atoms with Gasteiger partial charge in [-0.15, -0.1) is 11.3 Å². The fourth-order valence-corrected chi connectivity index (χ4v) is 5.44. The maximum atomic E-state index is 12.2. The van der Waals surface area contributed by atoms with Crippen molar-refractivity contribution < 1.29 is 24.2 Å². The number of nitrogens with zero attached hydrogens (tertiary/aromatic N) is 3. The van der Waals surface area contributed by atoms with Crippen LogP contribution in [-0.2, 0) is 22.4 Å². The molecule has 1 saturated carbocycles. The van der Waals surface area contributed by atoms with Crippen LogP contribution < -0.4 is 4.74 Å². The molecule has 32 heavy (non-hydrogen) atoms. The lowest BCUT2D eigenvalue weighted by molar-refractivity contribution is -0.145. The average Bonchev–Trinajstić information content (AvgIpc) is 3.13. The van der Waals surface area contributed by atoms with Crippen molar-refractivity contribution in [3.05, 3.63) is 28.3 Å². The van der Waals surface area contributed by atoms with Gasteiger partial charge in [-0.3, -0.25) is 9.69 Å². The third-order valence-corrected chi connectivity index (χ3v) is 7.13. The van der Waals surface area contributed by atoms with Crippen molar-refractivity contribution in [2.75, 3.05) is 13.7 Å². The highest BCUT2D eigenvalue weighted by Gasteiger charge is 2.55. The van der Waals surface area contributed by atoms with Crippen molar-refractivity contribution in [1.29, 1.82) is 0 Å². The van der Waals surface area contributed by atoms with Gasteiger partial charge in [0.05, 0.1) is 18.6 Å². The molecule has 1 N–H and O–H groups in total. The number of amides is 1. The first-order valence-electron chi connectivity index (χ1n) is 10.7. The number of carbonyl (C=O) groups is 2. The van der Waals surface area contributed by atoms with E-state index in [2.05, 4.69) is 4.98 Å². The minimum absolute atomic E-state index is 0.229. The van der Waals surface area contributed by atoms with Crippen LogP contribution in [0, 0.1) is 12.8 Å². The quantitative estimate of drug-likeness (QED) is 0.649. The van der Waals surface area contributed by atoms with Crippen LogP contribution in [0.4, 0.5) is 4.79 Å². The molecular formula is C23H29N3O5S. The van der Waals surface area contributed by atoms with Crippen molar-refractivity contribution >= 4 is 23.4 Å². The predicted octanol–water partition coefficient (Wildman–Crippen LogP) is 4.09. The van der Waals surface area contributed by atoms with Crippen LogP contribution in [0.25, 0.3) is 10.7 Å². The van der Waals surface area contributed by atoms with Crippen LogP contribution in [0.15, 0.2) is 11.6 Å². The summed E-state index contributed by atoms with van der Waals surface area (Å²) in [5, 5.41) is 12.5. The van der Waals surface area contributed by atoms with Crippen molar-refractivity contribution in [3.63, 3.8) is 0 Å². The van der Waals surface area contributed by atoms with Gasteiger partial charge in [-0.25, -0.2) is 14.8 Å². The molecule has 0 radical (unpaired) electrons. The van der Waals surface area contributed by atoms with Crippen LogP contribution in [0.5, 0.6) is 5.88 Å². The van der Waals surface area contributed by atoms with E-state index in [0.717, 1.165) is 40.2 Å². The highest BCUT2D eigenvalue weighted by Crippen LogP contribution is 2.46. The SMILES string of the molecule is COC(=O)C1Cc2c(-c3nccs3)nc(OCC3(N(C(=O)O)C(C)(C)C)CC3)c(C)c2C1. The normalized spacial score (nSPS) is 18.7. The number of methoxy groups -OCH3 is 1. The topological polar surface area (TPSA) is 102 Å². The summed E-state index contributed by atoms with van der Waals surface area (Å²) in [5.41, 5.74) is 2.60. The third kappa shape index (κ3) is 3.94. The zero-order valence-electron chi connectivity index (χ0n) is 19.1. The van der Waals surface area contributed by atoms with E-state index < -0.39 is 17.2 Å². The summed E-state index contributed by atoms with van der Waals surface area (Å²) in [6.45, 7) is 7.88. The number of thiazole rings is 1. The lowest BCUT2D eigenvalue weighted by Gasteiger charge is -2.40. The Bertz CT molecular complexity index is 1040. The lowest BCUT2D eigenvalue weighted by Crippen LogP contribution is -2.55. The maximum Gasteiger partial charge on any atom is 0.408 e. The minimum atomic E-state index is -0.943. The zero-order valence-corrected chi connectivity index (χ0v) is 19.9. The van der Waals surface area contributed by atoms with Gasteiger partial charge in [-0.2, -0.15) is 0 Å². The maximum absolute atomic E-state index is 12.2. The molecule has 0 spiro atoms. The molecule has 0 saturated heterocycles. The van der Waals surface area contributed by atoms with E-state index in [1.807, 2.05) is 33.1 Å². The number of aromatic nitrogens is 2. The number of carboxylic acid groups (broad SMARTS) is 1. The monoisotopic (exact) mass is 459 g/mol. The summed E-state index contributed by atoms with van der Waals surface area (Å²) in [6.07, 6.45) is 3.43. The summed E-state index contributed by atoms with van der Waals surface area (Å²) in [4.78, 5) is 35.0. The highest BCUT2D eigenvalue weighted by molar-refractivity contribution is 7.13. The van der Waals surface area contributed by atoms with Gasteiger partial charge < -0.3 is 14.6 Å². The van der Waals surface area contributed by atoms with Gasteiger partial charge in [0.25, 0.3) is 0 Å². The van der Waals surface area contributed by atoms with Gasteiger partial charge in [0.1, 0.15) is 17.3 Å². The predicted molar refractivity (Wildman–Crippen MR) is 120 cm³/mol. The van der Waals surface area contributed by atoms with Gasteiger partial charge in [-0.05, 0) is 64.5 Å². The van der Waals surface area contributed by atoms with E-state index in [0.29, 0.717) is 18.7 Å². The Kier molecular flexibility index (Phi) is 5.65. The summed E-state index contributed by atoms with van der Waals surface area (Å²) < 4.78 is 11.2. The Balaban J connectivity index is 1.67. The van der Waals surface area contributed by atoms with Gasteiger partial charge >= 0.3 is 12.1 Å². The lowest BCUT2D eigenvalue weighted by atomic mass is 10.0. The molecule has 2 aromatic rings. The molecule has 8 nitrogen and oxygen atoms in total. The summed E-state index contributed by atoms with van der Waals surface area (Å²) in [6, 6.07) is 0. The number of hydrogen-bond donors (Lipinski definition) is 1. The molecule has 1 atom stereocenters. The molecule has 0 bridgehead atoms. The number of pyridine rings is 1. The average molecular weight is 460 g/mol. The van der Waals surface area contributed by atoms with Gasteiger partial charge in [0.15, 0.2) is 0 Å². The molecule has 1 fully saturated rings. The largest absolute Gasteiger partial charge is 0.475 e. The van der Waals surface area contributed by atoms with Crippen LogP contribution >= 0.6 is 11.3 Å². The Morgan fingerprint density at radius 1 is 1.28 bits per heavy atom. The number of ether oxygens (including phenoxy) is 2. The molecular weight excluding hydrogens is 430 g/mol. The number of rotatable bonds is 6. The van der Waals surface area contributed by atoms with E-state index >= 15 is 0 Å². The second-order valence-electron chi connectivity index (χ2n) is 9.62. The second kappa shape index (κ2) is 8.03. The molecule has 1 unspecified atom stereocenters.